The third-order valence-corrected chi connectivity index (χ3v) is 2.38. The fourth-order valence-corrected chi connectivity index (χ4v) is 1.68. The van der Waals surface area contributed by atoms with Gasteiger partial charge in [-0.25, -0.2) is 0 Å². The molecule has 0 aliphatic carbocycles. The van der Waals surface area contributed by atoms with Crippen LogP contribution in [-0.4, -0.2) is 38.8 Å². The molecule has 0 radical (unpaired) electrons. The lowest BCUT2D eigenvalue weighted by Crippen LogP contribution is -2.45. The van der Waals surface area contributed by atoms with E-state index in [1.807, 2.05) is 0 Å². The summed E-state index contributed by atoms with van der Waals surface area (Å²) in [5, 5.41) is 6.76. The Morgan fingerprint density at radius 2 is 2.08 bits per heavy atom. The quantitative estimate of drug-likeness (QED) is 0.598. The van der Waals surface area contributed by atoms with Crippen LogP contribution >= 0.6 is 0 Å². The first-order chi connectivity index (χ1) is 5.95. The van der Waals surface area contributed by atoms with Gasteiger partial charge < -0.3 is 14.8 Å². The van der Waals surface area contributed by atoms with Gasteiger partial charge in [-0.05, 0) is 25.9 Å². The lowest BCUT2D eigenvalue weighted by atomic mass is 10.1. The van der Waals surface area contributed by atoms with Gasteiger partial charge in [0.2, 0.25) is 0 Å². The minimum atomic E-state index is 0.132. The van der Waals surface area contributed by atoms with Crippen LogP contribution < -0.4 is 10.6 Å². The molecule has 2 saturated heterocycles. The molecule has 2 N–H and O–H groups in total. The Kier molecular flexibility index (Phi) is 2.94. The number of hydrogen-bond acceptors (Lipinski definition) is 4. The molecule has 0 amide bonds. The molecule has 1 unspecified atom stereocenters. The fourth-order valence-electron chi connectivity index (χ4n) is 1.68. The molecule has 0 saturated carbocycles. The molecule has 4 nitrogen and oxygen atoms in total. The van der Waals surface area contributed by atoms with E-state index in [1.165, 1.54) is 12.8 Å². The van der Waals surface area contributed by atoms with E-state index in [2.05, 4.69) is 10.6 Å². The van der Waals surface area contributed by atoms with Gasteiger partial charge in [-0.15, -0.1) is 0 Å². The Bertz CT molecular complexity index is 131. The van der Waals surface area contributed by atoms with E-state index >= 15 is 0 Å². The lowest BCUT2D eigenvalue weighted by molar-refractivity contribution is 0.0315. The molecule has 2 rings (SSSR count). The Balaban J connectivity index is 1.69. The van der Waals surface area contributed by atoms with E-state index in [-0.39, 0.29) is 6.23 Å². The smallest absolute Gasteiger partial charge is 0.149 e. The van der Waals surface area contributed by atoms with E-state index in [0.29, 0.717) is 19.4 Å². The molecule has 2 aliphatic heterocycles. The molecule has 0 aromatic rings. The molecule has 4 heteroatoms. The highest BCUT2D eigenvalue weighted by molar-refractivity contribution is 4.76. The topological polar surface area (TPSA) is 42.5 Å². The lowest BCUT2D eigenvalue weighted by Gasteiger charge is -2.25. The van der Waals surface area contributed by atoms with Gasteiger partial charge in [-0.1, -0.05) is 0 Å². The largest absolute Gasteiger partial charge is 0.351 e. The average Bonchev–Trinajstić information content (AvgIpc) is 2.59. The van der Waals surface area contributed by atoms with Crippen molar-refractivity contribution in [1.82, 2.24) is 10.6 Å². The summed E-state index contributed by atoms with van der Waals surface area (Å²) in [6.45, 7) is 3.38. The van der Waals surface area contributed by atoms with Gasteiger partial charge in [-0.2, -0.15) is 0 Å². The van der Waals surface area contributed by atoms with Crippen molar-refractivity contribution in [2.75, 3.05) is 26.5 Å². The van der Waals surface area contributed by atoms with Crippen molar-refractivity contribution in [3.63, 3.8) is 0 Å². The van der Waals surface area contributed by atoms with E-state index in [9.17, 15) is 0 Å². The number of piperidine rings is 1. The Labute approximate surface area is 72.6 Å². The van der Waals surface area contributed by atoms with Crippen molar-refractivity contribution in [2.24, 2.45) is 0 Å². The van der Waals surface area contributed by atoms with Crippen LogP contribution in [0.3, 0.4) is 0 Å². The summed E-state index contributed by atoms with van der Waals surface area (Å²) >= 11 is 0. The minimum absolute atomic E-state index is 0.132. The maximum atomic E-state index is 5.30. The molecule has 0 aromatic carbocycles. The molecule has 2 heterocycles. The Hall–Kier alpha value is -0.160. The second-order valence-corrected chi connectivity index (χ2v) is 3.33. The van der Waals surface area contributed by atoms with Gasteiger partial charge >= 0.3 is 0 Å². The molecule has 2 aliphatic rings. The zero-order chi connectivity index (χ0) is 8.23. The zero-order valence-corrected chi connectivity index (χ0v) is 7.21. The third-order valence-electron chi connectivity index (χ3n) is 2.38. The number of rotatable bonds is 2. The van der Waals surface area contributed by atoms with E-state index < -0.39 is 0 Å². The standard InChI is InChI=1S/C8H16N2O2/c1-3-9-4-2-7(1)10-8-5-11-6-12-8/h7-10H,1-6H2. The van der Waals surface area contributed by atoms with Crippen LogP contribution in [0.1, 0.15) is 12.8 Å². The van der Waals surface area contributed by atoms with Crippen molar-refractivity contribution >= 4 is 0 Å². The molecule has 70 valence electrons. The highest BCUT2D eigenvalue weighted by Crippen LogP contribution is 2.06. The number of hydrogen-bond donors (Lipinski definition) is 2. The van der Waals surface area contributed by atoms with E-state index in [0.717, 1.165) is 13.1 Å². The Morgan fingerprint density at radius 1 is 1.25 bits per heavy atom. The van der Waals surface area contributed by atoms with E-state index in [1.54, 1.807) is 0 Å². The molecule has 1 atom stereocenters. The van der Waals surface area contributed by atoms with Crippen molar-refractivity contribution in [3.8, 4) is 0 Å². The van der Waals surface area contributed by atoms with Crippen molar-refractivity contribution in [3.05, 3.63) is 0 Å². The van der Waals surface area contributed by atoms with E-state index in [4.69, 9.17) is 9.47 Å². The molecule has 12 heavy (non-hydrogen) atoms. The van der Waals surface area contributed by atoms with Gasteiger partial charge in [0.1, 0.15) is 13.0 Å². The van der Waals surface area contributed by atoms with Crippen molar-refractivity contribution in [2.45, 2.75) is 25.1 Å². The number of ether oxygens (including phenoxy) is 2. The van der Waals surface area contributed by atoms with Crippen LogP contribution in [-0.2, 0) is 9.47 Å². The van der Waals surface area contributed by atoms with Crippen LogP contribution in [0.5, 0.6) is 0 Å². The molecular weight excluding hydrogens is 156 g/mol. The summed E-state index contributed by atoms with van der Waals surface area (Å²) in [7, 11) is 0. The van der Waals surface area contributed by atoms with Gasteiger partial charge in [0, 0.05) is 6.04 Å². The van der Waals surface area contributed by atoms with Crippen LogP contribution in [0.4, 0.5) is 0 Å². The maximum Gasteiger partial charge on any atom is 0.149 e. The van der Waals surface area contributed by atoms with Gasteiger partial charge in [0.25, 0.3) is 0 Å². The second kappa shape index (κ2) is 4.18. The maximum absolute atomic E-state index is 5.30. The second-order valence-electron chi connectivity index (χ2n) is 3.33. The van der Waals surface area contributed by atoms with Crippen molar-refractivity contribution in [1.29, 1.82) is 0 Å². The first-order valence-electron chi connectivity index (χ1n) is 4.61. The highest BCUT2D eigenvalue weighted by Gasteiger charge is 2.21. The summed E-state index contributed by atoms with van der Waals surface area (Å²) in [5.74, 6) is 0. The van der Waals surface area contributed by atoms with Crippen LogP contribution in [0.15, 0.2) is 0 Å². The predicted molar refractivity (Wildman–Crippen MR) is 44.7 cm³/mol. The Morgan fingerprint density at radius 3 is 2.75 bits per heavy atom. The zero-order valence-electron chi connectivity index (χ0n) is 7.21. The predicted octanol–water partition coefficient (Wildman–Crippen LogP) is -0.342. The minimum Gasteiger partial charge on any atom is -0.351 e. The molecular formula is C8H16N2O2. The first-order valence-corrected chi connectivity index (χ1v) is 4.61. The average molecular weight is 172 g/mol. The summed E-state index contributed by atoms with van der Waals surface area (Å²) < 4.78 is 10.4. The fraction of sp³-hybridized carbons (Fsp3) is 1.00. The van der Waals surface area contributed by atoms with Gasteiger partial charge in [0.05, 0.1) is 6.61 Å². The summed E-state index contributed by atoms with van der Waals surface area (Å²) in [5.41, 5.74) is 0. The summed E-state index contributed by atoms with van der Waals surface area (Å²) in [4.78, 5) is 0. The van der Waals surface area contributed by atoms with Crippen LogP contribution in [0.2, 0.25) is 0 Å². The number of nitrogens with one attached hydrogen (secondary N) is 2. The molecule has 0 aromatic heterocycles. The molecule has 0 spiro atoms. The monoisotopic (exact) mass is 172 g/mol. The van der Waals surface area contributed by atoms with Crippen LogP contribution in [0, 0.1) is 0 Å². The SMILES string of the molecule is C1CC(NC2COCO2)CCN1. The summed E-state index contributed by atoms with van der Waals surface area (Å²) in [6, 6.07) is 0.609. The highest BCUT2D eigenvalue weighted by atomic mass is 16.7. The molecule has 0 bridgehead atoms. The third kappa shape index (κ3) is 2.17. The normalized spacial score (nSPS) is 32.5. The van der Waals surface area contributed by atoms with Gasteiger partial charge in [0.15, 0.2) is 0 Å². The molecule has 2 fully saturated rings. The first kappa shape index (κ1) is 8.44. The van der Waals surface area contributed by atoms with Crippen molar-refractivity contribution < 1.29 is 9.47 Å². The summed E-state index contributed by atoms with van der Waals surface area (Å²) in [6.07, 6.45) is 2.52. The van der Waals surface area contributed by atoms with Gasteiger partial charge in [-0.3, -0.25) is 5.32 Å². The van der Waals surface area contributed by atoms with Crippen LogP contribution in [0.25, 0.3) is 0 Å².